The quantitative estimate of drug-likeness (QED) is 0.755. The molecule has 18 heavy (non-hydrogen) atoms. The monoisotopic (exact) mass is 276 g/mol. The third-order valence-electron chi connectivity index (χ3n) is 2.58. The molecule has 0 bridgehead atoms. The zero-order valence-corrected chi connectivity index (χ0v) is 9.99. The topological polar surface area (TPSA) is 20.2 Å². The Morgan fingerprint density at radius 3 is 2.44 bits per heavy atom. The lowest BCUT2D eigenvalue weighted by molar-refractivity contribution is -0.136. The van der Waals surface area contributed by atoms with E-state index in [0.717, 1.165) is 23.5 Å². The van der Waals surface area contributed by atoms with Gasteiger partial charge in [-0.1, -0.05) is 0 Å². The number of halogens is 4. The minimum absolute atomic E-state index is 0.00273. The second-order valence-electron chi connectivity index (χ2n) is 3.73. The summed E-state index contributed by atoms with van der Waals surface area (Å²) in [6, 6.07) is 3.30. The third-order valence-corrected chi connectivity index (χ3v) is 3.53. The van der Waals surface area contributed by atoms with E-state index in [4.69, 9.17) is 5.11 Å². The number of phenolic OH excluding ortho intramolecular Hbond substituents is 1. The fourth-order valence-corrected chi connectivity index (χ4v) is 2.66. The van der Waals surface area contributed by atoms with Gasteiger partial charge >= 0.3 is 6.18 Å². The molecule has 1 N–H and O–H groups in total. The SMILES string of the molecule is Cc1c(-c2sccc2C(F)(F)F)ccc(O)c1F. The van der Waals surface area contributed by atoms with Crippen molar-refractivity contribution in [2.45, 2.75) is 13.1 Å². The average molecular weight is 276 g/mol. The Morgan fingerprint density at radius 1 is 1.17 bits per heavy atom. The van der Waals surface area contributed by atoms with Crippen LogP contribution in [0.15, 0.2) is 23.6 Å². The van der Waals surface area contributed by atoms with Crippen LogP contribution in [0.3, 0.4) is 0 Å². The van der Waals surface area contributed by atoms with Crippen LogP contribution in [0.4, 0.5) is 17.6 Å². The second-order valence-corrected chi connectivity index (χ2v) is 4.65. The van der Waals surface area contributed by atoms with Crippen LogP contribution < -0.4 is 0 Å². The Morgan fingerprint density at radius 2 is 1.83 bits per heavy atom. The molecular formula is C12H8F4OS. The van der Waals surface area contributed by atoms with E-state index in [-0.39, 0.29) is 16.0 Å². The van der Waals surface area contributed by atoms with Crippen molar-refractivity contribution < 1.29 is 22.7 Å². The molecule has 0 atom stereocenters. The number of hydrogen-bond acceptors (Lipinski definition) is 2. The van der Waals surface area contributed by atoms with Gasteiger partial charge < -0.3 is 5.11 Å². The van der Waals surface area contributed by atoms with E-state index in [1.165, 1.54) is 18.4 Å². The molecule has 96 valence electrons. The zero-order valence-electron chi connectivity index (χ0n) is 9.18. The van der Waals surface area contributed by atoms with E-state index in [9.17, 15) is 17.6 Å². The average Bonchev–Trinajstić information content (AvgIpc) is 2.74. The molecule has 1 aromatic carbocycles. The van der Waals surface area contributed by atoms with Gasteiger partial charge in [-0.05, 0) is 41.6 Å². The first kappa shape index (κ1) is 12.9. The molecule has 0 fully saturated rings. The summed E-state index contributed by atoms with van der Waals surface area (Å²) in [5.41, 5.74) is -0.642. The molecule has 1 aromatic heterocycles. The summed E-state index contributed by atoms with van der Waals surface area (Å²) in [6.45, 7) is 1.34. The van der Waals surface area contributed by atoms with E-state index in [0.29, 0.717) is 0 Å². The lowest BCUT2D eigenvalue weighted by Crippen LogP contribution is -2.05. The maximum atomic E-state index is 13.5. The van der Waals surface area contributed by atoms with Crippen molar-refractivity contribution in [3.8, 4) is 16.2 Å². The molecule has 0 radical (unpaired) electrons. The predicted octanol–water partition coefficient (Wildman–Crippen LogP) is 4.59. The van der Waals surface area contributed by atoms with Crippen molar-refractivity contribution in [2.75, 3.05) is 0 Å². The molecule has 2 rings (SSSR count). The highest BCUT2D eigenvalue weighted by Gasteiger charge is 2.35. The largest absolute Gasteiger partial charge is 0.505 e. The maximum Gasteiger partial charge on any atom is 0.417 e. The molecule has 1 nitrogen and oxygen atoms in total. The van der Waals surface area contributed by atoms with Crippen LogP contribution in [0.2, 0.25) is 0 Å². The van der Waals surface area contributed by atoms with Gasteiger partial charge in [-0.3, -0.25) is 0 Å². The van der Waals surface area contributed by atoms with E-state index in [2.05, 4.69) is 0 Å². The van der Waals surface area contributed by atoms with E-state index >= 15 is 0 Å². The standard InChI is InChI=1S/C12H8F4OS/c1-6-7(2-3-9(17)10(6)13)11-8(4-5-18-11)12(14,15)16/h2-5,17H,1H3. The summed E-state index contributed by atoms with van der Waals surface area (Å²) < 4.78 is 51.7. The van der Waals surface area contributed by atoms with Gasteiger partial charge in [-0.15, -0.1) is 11.3 Å². The summed E-state index contributed by atoms with van der Waals surface area (Å²) in [5.74, 6) is -1.46. The van der Waals surface area contributed by atoms with Crippen molar-refractivity contribution in [3.05, 3.63) is 40.5 Å². The highest BCUT2D eigenvalue weighted by molar-refractivity contribution is 7.13. The molecule has 0 aliphatic rings. The Bertz CT molecular complexity index is 586. The van der Waals surface area contributed by atoms with Gasteiger partial charge in [0.25, 0.3) is 0 Å². The summed E-state index contributed by atoms with van der Waals surface area (Å²) in [7, 11) is 0. The molecule has 6 heteroatoms. The summed E-state index contributed by atoms with van der Waals surface area (Å²) in [5, 5.41) is 10.5. The molecule has 0 spiro atoms. The van der Waals surface area contributed by atoms with Gasteiger partial charge in [-0.25, -0.2) is 4.39 Å². The smallest absolute Gasteiger partial charge is 0.417 e. The number of alkyl halides is 3. The molecule has 0 amide bonds. The Kier molecular flexibility index (Phi) is 3.06. The summed E-state index contributed by atoms with van der Waals surface area (Å²) in [4.78, 5) is -0.0427. The highest BCUT2D eigenvalue weighted by Crippen LogP contribution is 2.42. The first-order valence-electron chi connectivity index (χ1n) is 4.95. The van der Waals surface area contributed by atoms with Crippen molar-refractivity contribution in [3.63, 3.8) is 0 Å². The fraction of sp³-hybridized carbons (Fsp3) is 0.167. The van der Waals surface area contributed by atoms with Crippen LogP contribution in [0.1, 0.15) is 11.1 Å². The van der Waals surface area contributed by atoms with Crippen LogP contribution in [0.25, 0.3) is 10.4 Å². The number of hydrogen-bond donors (Lipinski definition) is 1. The van der Waals surface area contributed by atoms with E-state index < -0.39 is 23.3 Å². The van der Waals surface area contributed by atoms with Crippen LogP contribution >= 0.6 is 11.3 Å². The van der Waals surface area contributed by atoms with Crippen molar-refractivity contribution >= 4 is 11.3 Å². The van der Waals surface area contributed by atoms with Gasteiger partial charge in [-0.2, -0.15) is 13.2 Å². The molecule has 0 aliphatic carbocycles. The molecular weight excluding hydrogens is 268 g/mol. The normalized spacial score (nSPS) is 11.8. The van der Waals surface area contributed by atoms with Crippen LogP contribution in [0.5, 0.6) is 5.75 Å². The Hall–Kier alpha value is -1.56. The lowest BCUT2D eigenvalue weighted by atomic mass is 10.0. The fourth-order valence-electron chi connectivity index (χ4n) is 1.66. The van der Waals surface area contributed by atoms with Gasteiger partial charge in [0.15, 0.2) is 11.6 Å². The first-order valence-corrected chi connectivity index (χ1v) is 5.83. The lowest BCUT2D eigenvalue weighted by Gasteiger charge is -2.11. The number of aromatic hydroxyl groups is 1. The predicted molar refractivity (Wildman–Crippen MR) is 61.1 cm³/mol. The van der Waals surface area contributed by atoms with Crippen molar-refractivity contribution in [1.82, 2.24) is 0 Å². The molecule has 0 saturated carbocycles. The van der Waals surface area contributed by atoms with Crippen molar-refractivity contribution in [1.29, 1.82) is 0 Å². The van der Waals surface area contributed by atoms with E-state index in [1.807, 2.05) is 0 Å². The minimum atomic E-state index is -4.48. The molecule has 0 aliphatic heterocycles. The Labute approximate surface area is 104 Å². The molecule has 2 aromatic rings. The number of phenols is 1. The highest BCUT2D eigenvalue weighted by atomic mass is 32.1. The number of rotatable bonds is 1. The molecule has 0 saturated heterocycles. The van der Waals surface area contributed by atoms with E-state index in [1.54, 1.807) is 0 Å². The number of thiophene rings is 1. The van der Waals surface area contributed by atoms with Gasteiger partial charge in [0.1, 0.15) is 0 Å². The van der Waals surface area contributed by atoms with Gasteiger partial charge in [0, 0.05) is 4.88 Å². The maximum absolute atomic E-state index is 13.5. The number of benzene rings is 1. The Balaban J connectivity index is 2.64. The van der Waals surface area contributed by atoms with Crippen LogP contribution in [-0.2, 0) is 6.18 Å². The first-order chi connectivity index (χ1) is 8.32. The second kappa shape index (κ2) is 4.28. The summed E-state index contributed by atoms with van der Waals surface area (Å²) >= 11 is 0.890. The third kappa shape index (κ3) is 2.08. The van der Waals surface area contributed by atoms with Crippen molar-refractivity contribution in [2.24, 2.45) is 0 Å². The van der Waals surface area contributed by atoms with Gasteiger partial charge in [0.2, 0.25) is 0 Å². The molecule has 0 unspecified atom stereocenters. The zero-order chi connectivity index (χ0) is 13.5. The van der Waals surface area contributed by atoms with Crippen LogP contribution in [-0.4, -0.2) is 5.11 Å². The summed E-state index contributed by atoms with van der Waals surface area (Å²) in [6.07, 6.45) is -4.48. The minimum Gasteiger partial charge on any atom is -0.505 e. The molecule has 1 heterocycles. The van der Waals surface area contributed by atoms with Gasteiger partial charge in [0.05, 0.1) is 5.56 Å². The van der Waals surface area contributed by atoms with Crippen LogP contribution in [0, 0.1) is 12.7 Å².